The fourth-order valence-corrected chi connectivity index (χ4v) is 2.54. The summed E-state index contributed by atoms with van der Waals surface area (Å²) in [6, 6.07) is 0.736. The van der Waals surface area contributed by atoms with Gasteiger partial charge in [0.15, 0.2) is 5.78 Å². The number of amides is 1. The monoisotopic (exact) mass is 318 g/mol. The number of Topliss-reactive ketones (excluding diaryl/α,β-unsaturated/α-hetero) is 1. The Morgan fingerprint density at radius 2 is 2.22 bits per heavy atom. The number of carboxylic acids is 1. The number of aliphatic carboxylic acids is 1. The average molecular weight is 318 g/mol. The molecule has 2 heterocycles. The lowest BCUT2D eigenvalue weighted by molar-refractivity contribution is -0.147. The van der Waals surface area contributed by atoms with Crippen molar-refractivity contribution in [2.45, 2.75) is 25.8 Å². The minimum absolute atomic E-state index is 0.117. The van der Waals surface area contributed by atoms with Crippen LogP contribution in [0, 0.1) is 5.41 Å². The summed E-state index contributed by atoms with van der Waals surface area (Å²) in [5.74, 6) is -1.73. The Labute approximate surface area is 133 Å². The van der Waals surface area contributed by atoms with E-state index in [2.05, 4.69) is 10.3 Å². The molecule has 0 unspecified atom stereocenters. The fourth-order valence-electron chi connectivity index (χ4n) is 2.54. The second-order valence-electron chi connectivity index (χ2n) is 5.29. The van der Waals surface area contributed by atoms with Gasteiger partial charge in [0.1, 0.15) is 11.8 Å². The van der Waals surface area contributed by atoms with Crippen LogP contribution in [0.15, 0.2) is 18.5 Å². The number of hydrogen-bond acceptors (Lipinski definition) is 6. The summed E-state index contributed by atoms with van der Waals surface area (Å²) >= 11 is 0. The molecule has 8 nitrogen and oxygen atoms in total. The Morgan fingerprint density at radius 1 is 1.48 bits per heavy atom. The summed E-state index contributed by atoms with van der Waals surface area (Å²) in [7, 11) is 0. The molecule has 122 valence electrons. The van der Waals surface area contributed by atoms with Crippen molar-refractivity contribution < 1.29 is 19.5 Å². The van der Waals surface area contributed by atoms with Crippen LogP contribution in [-0.4, -0.2) is 57.5 Å². The first-order chi connectivity index (χ1) is 10.9. The SMILES string of the molecule is CC(=O)C(=N)c1ccncc1NCC(=O)N1CCC[C@H]1C(=O)O. The van der Waals surface area contributed by atoms with E-state index >= 15 is 0 Å². The third-order valence-corrected chi connectivity index (χ3v) is 3.73. The Hall–Kier alpha value is -2.77. The van der Waals surface area contributed by atoms with Gasteiger partial charge in [-0.25, -0.2) is 4.79 Å². The van der Waals surface area contributed by atoms with Crippen molar-refractivity contribution in [3.63, 3.8) is 0 Å². The molecule has 3 N–H and O–H groups in total. The van der Waals surface area contributed by atoms with Gasteiger partial charge in [-0.3, -0.25) is 20.0 Å². The minimum atomic E-state index is -1.00. The molecule has 1 aromatic rings. The molecule has 0 bridgehead atoms. The van der Waals surface area contributed by atoms with Crippen LogP contribution in [0.1, 0.15) is 25.3 Å². The lowest BCUT2D eigenvalue weighted by atomic mass is 10.1. The van der Waals surface area contributed by atoms with Crippen molar-refractivity contribution >= 4 is 29.1 Å². The topological polar surface area (TPSA) is 123 Å². The summed E-state index contributed by atoms with van der Waals surface area (Å²) in [6.07, 6.45) is 4.00. The van der Waals surface area contributed by atoms with E-state index in [1.165, 1.54) is 30.3 Å². The second kappa shape index (κ2) is 6.99. The number of carbonyl (C=O) groups excluding carboxylic acids is 2. The van der Waals surface area contributed by atoms with Crippen LogP contribution in [0.2, 0.25) is 0 Å². The molecule has 1 aliphatic heterocycles. The van der Waals surface area contributed by atoms with Crippen LogP contribution >= 0.6 is 0 Å². The molecule has 1 fully saturated rings. The van der Waals surface area contributed by atoms with E-state index in [0.29, 0.717) is 30.6 Å². The van der Waals surface area contributed by atoms with Gasteiger partial charge in [-0.1, -0.05) is 0 Å². The third-order valence-electron chi connectivity index (χ3n) is 3.73. The summed E-state index contributed by atoms with van der Waals surface area (Å²) < 4.78 is 0. The van der Waals surface area contributed by atoms with Crippen molar-refractivity contribution in [1.29, 1.82) is 5.41 Å². The highest BCUT2D eigenvalue weighted by Crippen LogP contribution is 2.19. The van der Waals surface area contributed by atoms with Gasteiger partial charge < -0.3 is 15.3 Å². The molecule has 0 aliphatic carbocycles. The lowest BCUT2D eigenvalue weighted by Gasteiger charge is -2.22. The zero-order chi connectivity index (χ0) is 17.0. The Balaban J connectivity index is 2.07. The van der Waals surface area contributed by atoms with Crippen LogP contribution in [0.25, 0.3) is 0 Å². The molecule has 0 radical (unpaired) electrons. The van der Waals surface area contributed by atoms with E-state index < -0.39 is 17.8 Å². The molecule has 1 saturated heterocycles. The standard InChI is InChI=1S/C15H18N4O4/c1-9(20)14(16)10-4-5-17-7-11(10)18-8-13(21)19-6-2-3-12(19)15(22)23/h4-5,7,12,16,18H,2-3,6,8H2,1H3,(H,22,23)/t12-/m0/s1. The highest BCUT2D eigenvalue weighted by atomic mass is 16.4. The van der Waals surface area contributed by atoms with Gasteiger partial charge >= 0.3 is 5.97 Å². The molecule has 8 heteroatoms. The van der Waals surface area contributed by atoms with Crippen LogP contribution in [-0.2, 0) is 14.4 Å². The number of nitrogens with zero attached hydrogens (tertiary/aromatic N) is 2. The molecular formula is C15H18N4O4. The smallest absolute Gasteiger partial charge is 0.326 e. The third kappa shape index (κ3) is 3.71. The van der Waals surface area contributed by atoms with Crippen LogP contribution in [0.5, 0.6) is 0 Å². The first-order valence-corrected chi connectivity index (χ1v) is 7.22. The lowest BCUT2D eigenvalue weighted by Crippen LogP contribution is -2.43. The molecular weight excluding hydrogens is 300 g/mol. The van der Waals surface area contributed by atoms with E-state index in [9.17, 15) is 14.4 Å². The second-order valence-corrected chi connectivity index (χ2v) is 5.29. The van der Waals surface area contributed by atoms with E-state index in [-0.39, 0.29) is 18.2 Å². The number of carbonyl (C=O) groups is 3. The first-order valence-electron chi connectivity index (χ1n) is 7.22. The number of aromatic nitrogens is 1. The zero-order valence-corrected chi connectivity index (χ0v) is 12.7. The van der Waals surface area contributed by atoms with Gasteiger partial charge in [0, 0.05) is 25.2 Å². The molecule has 1 aliphatic rings. The predicted molar refractivity (Wildman–Crippen MR) is 82.6 cm³/mol. The number of rotatable bonds is 6. The van der Waals surface area contributed by atoms with Gasteiger partial charge in [0.25, 0.3) is 0 Å². The summed E-state index contributed by atoms with van der Waals surface area (Å²) in [5, 5.41) is 19.7. The molecule has 0 saturated carbocycles. The molecule has 0 aromatic carbocycles. The highest BCUT2D eigenvalue weighted by Gasteiger charge is 2.33. The molecule has 1 atom stereocenters. The van der Waals surface area contributed by atoms with E-state index in [4.69, 9.17) is 10.5 Å². The Bertz CT molecular complexity index is 659. The molecule has 2 rings (SSSR count). The maximum atomic E-state index is 12.2. The number of pyridine rings is 1. The van der Waals surface area contributed by atoms with E-state index in [1.54, 1.807) is 0 Å². The van der Waals surface area contributed by atoms with Gasteiger partial charge in [-0.15, -0.1) is 0 Å². The van der Waals surface area contributed by atoms with Crippen LogP contribution in [0.4, 0.5) is 5.69 Å². The maximum absolute atomic E-state index is 12.2. The number of nitrogens with one attached hydrogen (secondary N) is 2. The van der Waals surface area contributed by atoms with Gasteiger partial charge in [-0.2, -0.15) is 0 Å². The number of hydrogen-bond donors (Lipinski definition) is 3. The summed E-state index contributed by atoms with van der Waals surface area (Å²) in [5.41, 5.74) is 0.579. The average Bonchev–Trinajstić information content (AvgIpc) is 3.02. The maximum Gasteiger partial charge on any atom is 0.326 e. The molecule has 23 heavy (non-hydrogen) atoms. The number of ketones is 1. The van der Waals surface area contributed by atoms with Crippen LogP contribution < -0.4 is 5.32 Å². The predicted octanol–water partition coefficient (Wildman–Crippen LogP) is 0.526. The highest BCUT2D eigenvalue weighted by molar-refractivity contribution is 6.45. The van der Waals surface area contributed by atoms with E-state index in [0.717, 1.165) is 0 Å². The molecule has 1 amide bonds. The van der Waals surface area contributed by atoms with Crippen molar-refractivity contribution in [3.05, 3.63) is 24.0 Å². The van der Waals surface area contributed by atoms with Gasteiger partial charge in [-0.05, 0) is 18.9 Å². The minimum Gasteiger partial charge on any atom is -0.480 e. The number of likely N-dealkylation sites (tertiary alicyclic amines) is 1. The zero-order valence-electron chi connectivity index (χ0n) is 12.7. The fraction of sp³-hybridized carbons (Fsp3) is 0.400. The molecule has 0 spiro atoms. The first kappa shape index (κ1) is 16.6. The largest absolute Gasteiger partial charge is 0.480 e. The van der Waals surface area contributed by atoms with Gasteiger partial charge in [0.2, 0.25) is 5.91 Å². The Morgan fingerprint density at radius 3 is 2.87 bits per heavy atom. The van der Waals surface area contributed by atoms with E-state index in [1.807, 2.05) is 0 Å². The summed E-state index contributed by atoms with van der Waals surface area (Å²) in [4.78, 5) is 39.9. The van der Waals surface area contributed by atoms with Crippen molar-refractivity contribution in [1.82, 2.24) is 9.88 Å². The van der Waals surface area contributed by atoms with Gasteiger partial charge in [0.05, 0.1) is 18.4 Å². The van der Waals surface area contributed by atoms with Crippen molar-refractivity contribution in [2.24, 2.45) is 0 Å². The van der Waals surface area contributed by atoms with Crippen LogP contribution in [0.3, 0.4) is 0 Å². The Kier molecular flexibility index (Phi) is 5.05. The number of anilines is 1. The molecule has 1 aromatic heterocycles. The van der Waals surface area contributed by atoms with Crippen molar-refractivity contribution in [3.8, 4) is 0 Å². The summed E-state index contributed by atoms with van der Waals surface area (Å²) in [6.45, 7) is 1.59. The van der Waals surface area contributed by atoms with Crippen molar-refractivity contribution in [2.75, 3.05) is 18.4 Å². The quantitative estimate of drug-likeness (QED) is 0.657. The number of carboxylic acid groups (broad SMARTS) is 1. The normalized spacial score (nSPS) is 16.9.